The number of hydrogen-bond acceptors (Lipinski definition) is 5. The Kier molecular flexibility index (Phi) is 4.01. The van der Waals surface area contributed by atoms with Crippen molar-refractivity contribution in [1.29, 1.82) is 0 Å². The SMILES string of the molecule is Cc1cccc(CN(C)S(=O)(=O)c2ccnc(N)c2)n1. The quantitative estimate of drug-likeness (QED) is 0.914. The predicted octanol–water partition coefficient (Wildman–Crippen LogP) is 1.19. The number of hydrogen-bond donors (Lipinski definition) is 1. The Hall–Kier alpha value is -1.99. The van der Waals surface area contributed by atoms with Crippen LogP contribution in [0.2, 0.25) is 0 Å². The number of nitrogen functional groups attached to an aromatic ring is 1. The highest BCUT2D eigenvalue weighted by Gasteiger charge is 2.21. The third-order valence-electron chi connectivity index (χ3n) is 2.79. The molecule has 20 heavy (non-hydrogen) atoms. The number of sulfonamides is 1. The van der Waals surface area contributed by atoms with Crippen molar-refractivity contribution in [2.24, 2.45) is 0 Å². The van der Waals surface area contributed by atoms with Crippen molar-refractivity contribution in [3.63, 3.8) is 0 Å². The van der Waals surface area contributed by atoms with Crippen LogP contribution < -0.4 is 5.73 Å². The summed E-state index contributed by atoms with van der Waals surface area (Å²) in [5, 5.41) is 0. The van der Waals surface area contributed by atoms with Crippen LogP contribution in [0.3, 0.4) is 0 Å². The maximum atomic E-state index is 12.4. The molecule has 2 aromatic heterocycles. The number of anilines is 1. The summed E-state index contributed by atoms with van der Waals surface area (Å²) in [6, 6.07) is 8.27. The average molecular weight is 292 g/mol. The molecule has 0 saturated carbocycles. The molecule has 2 aromatic rings. The Morgan fingerprint density at radius 3 is 2.70 bits per heavy atom. The van der Waals surface area contributed by atoms with Crippen molar-refractivity contribution < 1.29 is 8.42 Å². The number of pyridine rings is 2. The Morgan fingerprint density at radius 1 is 1.30 bits per heavy atom. The van der Waals surface area contributed by atoms with Gasteiger partial charge in [0.25, 0.3) is 0 Å². The van der Waals surface area contributed by atoms with Crippen LogP contribution in [0.4, 0.5) is 5.82 Å². The molecular weight excluding hydrogens is 276 g/mol. The van der Waals surface area contributed by atoms with Gasteiger partial charge >= 0.3 is 0 Å². The summed E-state index contributed by atoms with van der Waals surface area (Å²) in [5.41, 5.74) is 7.06. The topological polar surface area (TPSA) is 89.2 Å². The molecule has 0 fully saturated rings. The van der Waals surface area contributed by atoms with E-state index in [0.29, 0.717) is 5.69 Å². The molecule has 106 valence electrons. The van der Waals surface area contributed by atoms with Gasteiger partial charge in [0.05, 0.1) is 17.1 Å². The highest BCUT2D eigenvalue weighted by molar-refractivity contribution is 7.89. The van der Waals surface area contributed by atoms with Crippen LogP contribution in [-0.2, 0) is 16.6 Å². The van der Waals surface area contributed by atoms with Gasteiger partial charge in [-0.25, -0.2) is 13.4 Å². The molecule has 0 radical (unpaired) electrons. The van der Waals surface area contributed by atoms with Crippen molar-refractivity contribution >= 4 is 15.8 Å². The van der Waals surface area contributed by atoms with Crippen LogP contribution in [0.15, 0.2) is 41.4 Å². The molecule has 2 heterocycles. The first kappa shape index (κ1) is 14.4. The number of nitrogens with zero attached hydrogens (tertiary/aromatic N) is 3. The molecule has 0 amide bonds. The van der Waals surface area contributed by atoms with Crippen LogP contribution in [0, 0.1) is 6.92 Å². The van der Waals surface area contributed by atoms with Crippen molar-refractivity contribution in [3.05, 3.63) is 47.9 Å². The number of aromatic nitrogens is 2. The van der Waals surface area contributed by atoms with Crippen LogP contribution >= 0.6 is 0 Å². The molecule has 0 bridgehead atoms. The van der Waals surface area contributed by atoms with Crippen LogP contribution in [0.25, 0.3) is 0 Å². The fourth-order valence-electron chi connectivity index (χ4n) is 1.77. The van der Waals surface area contributed by atoms with E-state index in [4.69, 9.17) is 5.73 Å². The van der Waals surface area contributed by atoms with E-state index < -0.39 is 10.0 Å². The number of aryl methyl sites for hydroxylation is 1. The monoisotopic (exact) mass is 292 g/mol. The minimum absolute atomic E-state index is 0.125. The van der Waals surface area contributed by atoms with Gasteiger partial charge in [0.15, 0.2) is 0 Å². The van der Waals surface area contributed by atoms with Gasteiger partial charge in [-0.3, -0.25) is 4.98 Å². The normalized spacial score (nSPS) is 11.8. The average Bonchev–Trinajstić information content (AvgIpc) is 2.38. The Morgan fingerprint density at radius 2 is 2.05 bits per heavy atom. The van der Waals surface area contributed by atoms with Crippen molar-refractivity contribution in [2.75, 3.05) is 12.8 Å². The van der Waals surface area contributed by atoms with Crippen molar-refractivity contribution in [1.82, 2.24) is 14.3 Å². The molecule has 0 spiro atoms. The second-order valence-electron chi connectivity index (χ2n) is 4.45. The van der Waals surface area contributed by atoms with Crippen molar-refractivity contribution in [3.8, 4) is 0 Å². The third kappa shape index (κ3) is 3.12. The molecule has 0 aromatic carbocycles. The summed E-state index contributed by atoms with van der Waals surface area (Å²) in [6.07, 6.45) is 1.38. The van der Waals surface area contributed by atoms with Gasteiger partial charge in [-0.1, -0.05) is 6.07 Å². The summed E-state index contributed by atoms with van der Waals surface area (Å²) < 4.78 is 26.0. The second kappa shape index (κ2) is 5.56. The Balaban J connectivity index is 2.26. The summed E-state index contributed by atoms with van der Waals surface area (Å²) >= 11 is 0. The lowest BCUT2D eigenvalue weighted by atomic mass is 10.3. The first-order valence-electron chi connectivity index (χ1n) is 6.00. The summed E-state index contributed by atoms with van der Waals surface area (Å²) in [6.45, 7) is 2.06. The molecule has 0 unspecified atom stereocenters. The van der Waals surface area contributed by atoms with Gasteiger partial charge in [0, 0.05) is 25.0 Å². The lowest BCUT2D eigenvalue weighted by Crippen LogP contribution is -2.27. The first-order chi connectivity index (χ1) is 9.39. The van der Waals surface area contributed by atoms with E-state index >= 15 is 0 Å². The van der Waals surface area contributed by atoms with Gasteiger partial charge in [-0.2, -0.15) is 4.31 Å². The Bertz CT molecular complexity index is 716. The molecule has 2 rings (SSSR count). The predicted molar refractivity (Wildman–Crippen MR) is 76.3 cm³/mol. The molecule has 0 aliphatic heterocycles. The first-order valence-corrected chi connectivity index (χ1v) is 7.44. The highest BCUT2D eigenvalue weighted by atomic mass is 32.2. The van der Waals surface area contributed by atoms with Crippen LogP contribution in [0.5, 0.6) is 0 Å². The molecule has 0 saturated heterocycles. The van der Waals surface area contributed by atoms with E-state index in [1.807, 2.05) is 19.1 Å². The van der Waals surface area contributed by atoms with E-state index in [0.717, 1.165) is 5.69 Å². The molecule has 0 atom stereocenters. The second-order valence-corrected chi connectivity index (χ2v) is 6.49. The summed E-state index contributed by atoms with van der Waals surface area (Å²) in [4.78, 5) is 8.21. The zero-order valence-corrected chi connectivity index (χ0v) is 12.1. The van der Waals surface area contributed by atoms with Gasteiger partial charge in [0.1, 0.15) is 5.82 Å². The minimum Gasteiger partial charge on any atom is -0.384 e. The Labute approximate surface area is 118 Å². The standard InChI is InChI=1S/C13H16N4O2S/c1-10-4-3-5-11(16-10)9-17(2)20(18,19)12-6-7-15-13(14)8-12/h3-8H,9H2,1-2H3,(H2,14,15). The van der Waals surface area contributed by atoms with E-state index in [9.17, 15) is 8.42 Å². The zero-order chi connectivity index (χ0) is 14.8. The number of nitrogens with two attached hydrogens (primary N) is 1. The van der Waals surface area contributed by atoms with Crippen LogP contribution in [-0.4, -0.2) is 29.7 Å². The smallest absolute Gasteiger partial charge is 0.243 e. The zero-order valence-electron chi connectivity index (χ0n) is 11.3. The fraction of sp³-hybridized carbons (Fsp3) is 0.231. The fourth-order valence-corrected chi connectivity index (χ4v) is 2.93. The van der Waals surface area contributed by atoms with E-state index in [-0.39, 0.29) is 17.3 Å². The summed E-state index contributed by atoms with van der Waals surface area (Å²) in [7, 11) is -2.09. The molecule has 2 N–H and O–H groups in total. The molecule has 0 aliphatic rings. The van der Waals surface area contributed by atoms with Gasteiger partial charge < -0.3 is 5.73 Å². The maximum Gasteiger partial charge on any atom is 0.243 e. The molecular formula is C13H16N4O2S. The highest BCUT2D eigenvalue weighted by Crippen LogP contribution is 2.17. The van der Waals surface area contributed by atoms with Gasteiger partial charge in [-0.15, -0.1) is 0 Å². The van der Waals surface area contributed by atoms with Crippen LogP contribution in [0.1, 0.15) is 11.4 Å². The van der Waals surface area contributed by atoms with E-state index in [2.05, 4.69) is 9.97 Å². The largest absolute Gasteiger partial charge is 0.384 e. The van der Waals surface area contributed by atoms with Gasteiger partial charge in [0.2, 0.25) is 10.0 Å². The minimum atomic E-state index is -3.60. The van der Waals surface area contributed by atoms with E-state index in [1.165, 1.54) is 29.7 Å². The lowest BCUT2D eigenvalue weighted by Gasteiger charge is -2.17. The molecule has 6 nitrogen and oxygen atoms in total. The van der Waals surface area contributed by atoms with Gasteiger partial charge in [-0.05, 0) is 25.1 Å². The van der Waals surface area contributed by atoms with Crippen molar-refractivity contribution in [2.45, 2.75) is 18.4 Å². The maximum absolute atomic E-state index is 12.4. The molecule has 0 aliphatic carbocycles. The lowest BCUT2D eigenvalue weighted by molar-refractivity contribution is 0.462. The molecule has 7 heteroatoms. The summed E-state index contributed by atoms with van der Waals surface area (Å²) in [5.74, 6) is 0.174. The van der Waals surface area contributed by atoms with E-state index in [1.54, 1.807) is 6.07 Å². The number of rotatable bonds is 4. The third-order valence-corrected chi connectivity index (χ3v) is 4.59.